The van der Waals surface area contributed by atoms with Gasteiger partial charge in [-0.15, -0.1) is 0 Å². The fourth-order valence-electron chi connectivity index (χ4n) is 6.10. The van der Waals surface area contributed by atoms with Crippen LogP contribution in [0.25, 0.3) is 0 Å². The molecule has 1 fully saturated rings. The number of anilines is 1. The monoisotopic (exact) mass is 503 g/mol. The van der Waals surface area contributed by atoms with E-state index in [0.29, 0.717) is 12.8 Å². The quantitative estimate of drug-likeness (QED) is 0.482. The Balaban J connectivity index is 1.77. The smallest absolute Gasteiger partial charge is 0.247 e. The van der Waals surface area contributed by atoms with E-state index in [1.165, 1.54) is 0 Å². The molecule has 0 radical (unpaired) electrons. The number of para-hydroxylation sites is 1. The summed E-state index contributed by atoms with van der Waals surface area (Å²) in [6.07, 6.45) is 5.05. The Labute approximate surface area is 218 Å². The molecule has 0 saturated carbocycles. The lowest BCUT2D eigenvalue weighted by molar-refractivity contribution is -0.142. The number of aliphatic hydroxyl groups excluding tert-OH is 1. The third kappa shape index (κ3) is 5.05. The van der Waals surface area contributed by atoms with E-state index < -0.39 is 29.8 Å². The Kier molecular flexibility index (Phi) is 8.13. The molecule has 2 aliphatic rings. The van der Waals surface area contributed by atoms with Crippen LogP contribution < -0.4 is 10.6 Å². The van der Waals surface area contributed by atoms with Crippen LogP contribution in [-0.2, 0) is 20.8 Å². The maximum absolute atomic E-state index is 14.1. The van der Waals surface area contributed by atoms with Gasteiger partial charge in [-0.3, -0.25) is 14.4 Å². The van der Waals surface area contributed by atoms with Gasteiger partial charge in [0.1, 0.15) is 6.04 Å². The van der Waals surface area contributed by atoms with E-state index in [0.717, 1.165) is 22.4 Å². The van der Waals surface area contributed by atoms with E-state index in [1.807, 2.05) is 81.5 Å². The van der Waals surface area contributed by atoms with Gasteiger partial charge in [-0.2, -0.15) is 0 Å². The summed E-state index contributed by atoms with van der Waals surface area (Å²) in [6.45, 7) is 5.57. The third-order valence-corrected chi connectivity index (χ3v) is 7.98. The Bertz CT molecular complexity index is 1160. The molecule has 1 heterocycles. The molecule has 7 nitrogen and oxygen atoms in total. The van der Waals surface area contributed by atoms with Gasteiger partial charge >= 0.3 is 0 Å². The molecule has 2 aromatic rings. The first-order valence-corrected chi connectivity index (χ1v) is 13.1. The van der Waals surface area contributed by atoms with Gasteiger partial charge in [0.25, 0.3) is 0 Å². The van der Waals surface area contributed by atoms with Gasteiger partial charge in [0.05, 0.1) is 24.5 Å². The predicted molar refractivity (Wildman–Crippen MR) is 144 cm³/mol. The molecule has 3 N–H and O–H groups in total. The van der Waals surface area contributed by atoms with Gasteiger partial charge in [0.15, 0.2) is 0 Å². The Morgan fingerprint density at radius 1 is 1.00 bits per heavy atom. The van der Waals surface area contributed by atoms with Crippen molar-refractivity contribution in [2.24, 2.45) is 23.7 Å². The zero-order chi connectivity index (χ0) is 26.7. The van der Waals surface area contributed by atoms with Crippen molar-refractivity contribution in [1.29, 1.82) is 0 Å². The van der Waals surface area contributed by atoms with E-state index in [-0.39, 0.29) is 30.2 Å². The summed E-state index contributed by atoms with van der Waals surface area (Å²) in [6, 6.07) is 14.0. The number of aliphatic hydroxyl groups is 1. The summed E-state index contributed by atoms with van der Waals surface area (Å²) >= 11 is 0. The number of aryl methyl sites for hydroxylation is 2. The summed E-state index contributed by atoms with van der Waals surface area (Å²) < 4.78 is 0. The molecular weight excluding hydrogens is 466 g/mol. The summed E-state index contributed by atoms with van der Waals surface area (Å²) in [7, 11) is 1.58. The van der Waals surface area contributed by atoms with Gasteiger partial charge in [-0.05, 0) is 49.3 Å². The van der Waals surface area contributed by atoms with Crippen molar-refractivity contribution in [2.45, 2.75) is 45.7 Å². The number of likely N-dealkylation sites (tertiary alicyclic amines) is 1. The minimum absolute atomic E-state index is 0.103. The minimum Gasteiger partial charge on any atom is -0.394 e. The molecule has 1 aliphatic heterocycles. The molecule has 196 valence electrons. The Hall–Kier alpha value is -3.45. The van der Waals surface area contributed by atoms with Crippen molar-refractivity contribution in [3.8, 4) is 0 Å². The van der Waals surface area contributed by atoms with Gasteiger partial charge < -0.3 is 20.6 Å². The second-order valence-corrected chi connectivity index (χ2v) is 10.2. The van der Waals surface area contributed by atoms with Crippen molar-refractivity contribution in [1.82, 2.24) is 10.2 Å². The van der Waals surface area contributed by atoms with Crippen LogP contribution in [0.3, 0.4) is 0 Å². The second-order valence-electron chi connectivity index (χ2n) is 10.2. The maximum Gasteiger partial charge on any atom is 0.247 e. The number of fused-ring (bicyclic) bond motifs is 1. The van der Waals surface area contributed by atoms with E-state index in [9.17, 15) is 19.5 Å². The van der Waals surface area contributed by atoms with Crippen LogP contribution in [0.5, 0.6) is 0 Å². The van der Waals surface area contributed by atoms with Crippen LogP contribution in [0.15, 0.2) is 60.7 Å². The van der Waals surface area contributed by atoms with E-state index in [2.05, 4.69) is 10.6 Å². The Morgan fingerprint density at radius 2 is 1.68 bits per heavy atom. The largest absolute Gasteiger partial charge is 0.394 e. The van der Waals surface area contributed by atoms with Crippen molar-refractivity contribution >= 4 is 23.4 Å². The van der Waals surface area contributed by atoms with Crippen LogP contribution >= 0.6 is 0 Å². The van der Waals surface area contributed by atoms with Crippen molar-refractivity contribution in [3.05, 3.63) is 77.4 Å². The molecule has 0 spiro atoms. The normalized spacial score (nSPS) is 25.5. The van der Waals surface area contributed by atoms with Gasteiger partial charge in [0.2, 0.25) is 17.7 Å². The van der Waals surface area contributed by atoms with Crippen molar-refractivity contribution < 1.29 is 19.5 Å². The van der Waals surface area contributed by atoms with Gasteiger partial charge in [-0.25, -0.2) is 0 Å². The first-order valence-electron chi connectivity index (χ1n) is 13.1. The third-order valence-electron chi connectivity index (χ3n) is 7.98. The predicted octanol–water partition coefficient (Wildman–Crippen LogP) is 3.25. The molecule has 7 heteroatoms. The average molecular weight is 504 g/mol. The fraction of sp³-hybridized carbons (Fsp3) is 0.433. The lowest BCUT2D eigenvalue weighted by atomic mass is 9.69. The van der Waals surface area contributed by atoms with Crippen LogP contribution in [0.4, 0.5) is 5.69 Å². The van der Waals surface area contributed by atoms with E-state index >= 15 is 0 Å². The highest BCUT2D eigenvalue weighted by Crippen LogP contribution is 2.46. The van der Waals surface area contributed by atoms with Gasteiger partial charge in [-0.1, -0.05) is 67.6 Å². The first kappa shape index (κ1) is 26.6. The summed E-state index contributed by atoms with van der Waals surface area (Å²) in [5.41, 5.74) is 3.54. The summed E-state index contributed by atoms with van der Waals surface area (Å²) in [5, 5.41) is 16.3. The number of hydrogen-bond donors (Lipinski definition) is 3. The number of hydrogen-bond acceptors (Lipinski definition) is 4. The van der Waals surface area contributed by atoms with Crippen LogP contribution in [0.1, 0.15) is 30.0 Å². The SMILES string of the molecule is CC[C@@H]1C=C[C@H]2[C@@H](C(=O)N([C@@H](CO)Cc3ccccc3)[C@@H]2C(=O)Nc2c(C)cccc2C)[C@@H]1C(=O)NC. The first-order chi connectivity index (χ1) is 17.8. The van der Waals surface area contributed by atoms with Crippen molar-refractivity contribution in [3.63, 3.8) is 0 Å². The zero-order valence-corrected chi connectivity index (χ0v) is 22.0. The maximum atomic E-state index is 14.1. The fourth-order valence-corrected chi connectivity index (χ4v) is 6.10. The highest BCUT2D eigenvalue weighted by atomic mass is 16.3. The molecule has 6 atom stereocenters. The molecule has 1 aliphatic carbocycles. The highest BCUT2D eigenvalue weighted by molar-refractivity contribution is 6.02. The molecule has 2 aromatic carbocycles. The summed E-state index contributed by atoms with van der Waals surface area (Å²) in [5.74, 6) is -2.58. The summed E-state index contributed by atoms with van der Waals surface area (Å²) in [4.78, 5) is 42.7. The molecule has 0 aromatic heterocycles. The minimum atomic E-state index is -0.849. The second kappa shape index (κ2) is 11.3. The lowest BCUT2D eigenvalue weighted by Gasteiger charge is -2.34. The standard InChI is InChI=1S/C30H37N3O4/c1-5-21-14-15-23-25(24(21)28(35)31-4)30(37)33(22(17-34)16-20-12-7-6-8-13-20)27(23)29(36)32-26-18(2)10-9-11-19(26)3/h6-15,21-25,27,34H,5,16-17H2,1-4H3,(H,31,35)(H,32,36)/t21-,22-,23+,24-,25-,27+/m1/s1. The number of rotatable bonds is 8. The zero-order valence-electron chi connectivity index (χ0n) is 22.0. The molecular formula is C30H37N3O4. The molecule has 1 saturated heterocycles. The number of benzene rings is 2. The van der Waals surface area contributed by atoms with Crippen molar-refractivity contribution in [2.75, 3.05) is 19.0 Å². The highest BCUT2D eigenvalue weighted by Gasteiger charge is 2.58. The lowest BCUT2D eigenvalue weighted by Crippen LogP contribution is -2.51. The van der Waals surface area contributed by atoms with Gasteiger partial charge in [0, 0.05) is 18.7 Å². The van der Waals surface area contributed by atoms with E-state index in [4.69, 9.17) is 0 Å². The average Bonchev–Trinajstić information content (AvgIpc) is 3.21. The van der Waals surface area contributed by atoms with Crippen LogP contribution in [0.2, 0.25) is 0 Å². The molecule has 3 amide bonds. The van der Waals surface area contributed by atoms with Crippen LogP contribution in [-0.4, -0.2) is 53.5 Å². The number of carbonyl (C=O) groups excluding carboxylic acids is 3. The van der Waals surface area contributed by atoms with Crippen LogP contribution in [0, 0.1) is 37.5 Å². The molecule has 4 rings (SSSR count). The topological polar surface area (TPSA) is 98.7 Å². The number of amides is 3. The number of nitrogens with zero attached hydrogens (tertiary/aromatic N) is 1. The van der Waals surface area contributed by atoms with E-state index in [1.54, 1.807) is 11.9 Å². The molecule has 37 heavy (non-hydrogen) atoms. The molecule has 0 unspecified atom stereocenters. The number of nitrogens with one attached hydrogen (secondary N) is 2. The number of allylic oxidation sites excluding steroid dienone is 1. The number of carbonyl (C=O) groups is 3. The molecule has 0 bridgehead atoms. The Morgan fingerprint density at radius 3 is 2.27 bits per heavy atom.